The largest absolute Gasteiger partial charge is 0.466 e. The summed E-state index contributed by atoms with van der Waals surface area (Å²) in [6, 6.07) is 0. The number of carbonyl (C=O) groups excluding carboxylic acids is 1. The second-order valence-electron chi connectivity index (χ2n) is 3.75. The van der Waals surface area contributed by atoms with Gasteiger partial charge in [-0.2, -0.15) is 0 Å². The summed E-state index contributed by atoms with van der Waals surface area (Å²) in [5, 5.41) is 0. The molecule has 0 aromatic heterocycles. The lowest BCUT2D eigenvalue weighted by Gasteiger charge is -2.29. The van der Waals surface area contributed by atoms with Crippen molar-refractivity contribution in [2.45, 2.75) is 45.8 Å². The summed E-state index contributed by atoms with van der Waals surface area (Å²) in [4.78, 5) is 11.6. The van der Waals surface area contributed by atoms with Gasteiger partial charge in [-0.15, -0.1) is 0 Å². The summed E-state index contributed by atoms with van der Waals surface area (Å²) in [5.41, 5.74) is -0.0394. The van der Waals surface area contributed by atoms with Crippen LogP contribution in [0.25, 0.3) is 0 Å². The molecule has 1 unspecified atom stereocenters. The average Bonchev–Trinajstić information content (AvgIpc) is 2.04. The second-order valence-corrected chi connectivity index (χ2v) is 7.94. The Morgan fingerprint density at radius 2 is 1.79 bits per heavy atom. The summed E-state index contributed by atoms with van der Waals surface area (Å²) >= 11 is 0. The van der Waals surface area contributed by atoms with Crippen LogP contribution in [0.3, 0.4) is 0 Å². The van der Waals surface area contributed by atoms with Crippen molar-refractivity contribution in [3.05, 3.63) is 0 Å². The Morgan fingerprint density at radius 3 is 2.14 bits per heavy atom. The van der Waals surface area contributed by atoms with E-state index >= 15 is 0 Å². The smallest absolute Gasteiger partial charge is 0.308 e. The summed E-state index contributed by atoms with van der Waals surface area (Å²) in [6.45, 7) is 11.1. The maximum atomic E-state index is 11.6. The standard InChI is InChI=1S/C10H22O3Si/c1-6-9(10(11)12-7-2)14(4,5)13-8-3/h9H,6-8H2,1-5H3. The zero-order chi connectivity index (χ0) is 11.2. The molecule has 0 aliphatic carbocycles. The lowest BCUT2D eigenvalue weighted by atomic mass is 10.3. The SMILES string of the molecule is CCOC(=O)C(CC)[Si](C)(C)OCC. The molecule has 1 atom stereocenters. The first-order chi connectivity index (χ1) is 6.49. The quantitative estimate of drug-likeness (QED) is 0.508. The zero-order valence-corrected chi connectivity index (χ0v) is 10.9. The van der Waals surface area contributed by atoms with Gasteiger partial charge in [-0.05, 0) is 33.4 Å². The van der Waals surface area contributed by atoms with Crippen LogP contribution >= 0.6 is 0 Å². The van der Waals surface area contributed by atoms with Crippen molar-refractivity contribution in [2.75, 3.05) is 13.2 Å². The molecule has 0 rings (SSSR count). The van der Waals surface area contributed by atoms with Crippen LogP contribution in [-0.2, 0) is 14.0 Å². The first-order valence-electron chi connectivity index (χ1n) is 5.30. The molecule has 0 amide bonds. The highest BCUT2D eigenvalue weighted by Crippen LogP contribution is 2.27. The third-order valence-electron chi connectivity index (χ3n) is 2.33. The number of esters is 1. The van der Waals surface area contributed by atoms with Gasteiger partial charge in [0.05, 0.1) is 12.1 Å². The normalized spacial score (nSPS) is 13.8. The van der Waals surface area contributed by atoms with E-state index in [1.165, 1.54) is 0 Å². The first-order valence-corrected chi connectivity index (χ1v) is 8.28. The van der Waals surface area contributed by atoms with Crippen molar-refractivity contribution in [1.82, 2.24) is 0 Å². The highest BCUT2D eigenvalue weighted by Gasteiger charge is 2.38. The number of rotatable bonds is 6. The maximum Gasteiger partial charge on any atom is 0.308 e. The van der Waals surface area contributed by atoms with Gasteiger partial charge in [-0.25, -0.2) is 0 Å². The Balaban J connectivity index is 4.44. The molecule has 0 spiro atoms. The Morgan fingerprint density at radius 1 is 1.21 bits per heavy atom. The lowest BCUT2D eigenvalue weighted by Crippen LogP contribution is -2.41. The van der Waals surface area contributed by atoms with Gasteiger partial charge in [0.1, 0.15) is 0 Å². The van der Waals surface area contributed by atoms with E-state index in [2.05, 4.69) is 13.1 Å². The lowest BCUT2D eigenvalue weighted by molar-refractivity contribution is -0.143. The van der Waals surface area contributed by atoms with Crippen molar-refractivity contribution in [2.24, 2.45) is 0 Å². The molecule has 0 heterocycles. The van der Waals surface area contributed by atoms with E-state index in [0.717, 1.165) is 6.42 Å². The van der Waals surface area contributed by atoms with Crippen molar-refractivity contribution in [3.63, 3.8) is 0 Å². The summed E-state index contributed by atoms with van der Waals surface area (Å²) in [7, 11) is -1.91. The molecule has 0 saturated carbocycles. The fourth-order valence-corrected chi connectivity index (χ4v) is 4.24. The van der Waals surface area contributed by atoms with E-state index in [-0.39, 0.29) is 11.5 Å². The van der Waals surface area contributed by atoms with Crippen LogP contribution in [0.2, 0.25) is 18.6 Å². The Kier molecular flexibility index (Phi) is 6.03. The van der Waals surface area contributed by atoms with Gasteiger partial charge in [0, 0.05) is 6.61 Å². The van der Waals surface area contributed by atoms with Gasteiger partial charge < -0.3 is 9.16 Å². The minimum atomic E-state index is -1.91. The number of hydrogen-bond donors (Lipinski definition) is 0. The molecular formula is C10H22O3Si. The topological polar surface area (TPSA) is 35.5 Å². The summed E-state index contributed by atoms with van der Waals surface area (Å²) in [6.07, 6.45) is 0.804. The molecule has 0 N–H and O–H groups in total. The molecule has 0 fully saturated rings. The van der Waals surface area contributed by atoms with Crippen molar-refractivity contribution in [1.29, 1.82) is 0 Å². The second kappa shape index (κ2) is 6.19. The van der Waals surface area contributed by atoms with Crippen LogP contribution in [0.15, 0.2) is 0 Å². The van der Waals surface area contributed by atoms with E-state index in [0.29, 0.717) is 13.2 Å². The minimum Gasteiger partial charge on any atom is -0.466 e. The Bertz CT molecular complexity index is 180. The van der Waals surface area contributed by atoms with Crippen molar-refractivity contribution in [3.8, 4) is 0 Å². The molecule has 0 aromatic rings. The summed E-state index contributed by atoms with van der Waals surface area (Å²) in [5.74, 6) is -0.0971. The van der Waals surface area contributed by atoms with Gasteiger partial charge in [-0.1, -0.05) is 6.92 Å². The van der Waals surface area contributed by atoms with Crippen LogP contribution in [-0.4, -0.2) is 27.5 Å². The highest BCUT2D eigenvalue weighted by molar-refractivity contribution is 6.75. The monoisotopic (exact) mass is 218 g/mol. The number of hydrogen-bond acceptors (Lipinski definition) is 3. The molecule has 0 aliphatic rings. The Labute approximate surface area is 87.9 Å². The molecule has 0 bridgehead atoms. The van der Waals surface area contributed by atoms with Gasteiger partial charge in [-0.3, -0.25) is 4.79 Å². The fraction of sp³-hybridized carbons (Fsp3) is 0.900. The molecule has 0 aliphatic heterocycles. The first kappa shape index (κ1) is 13.6. The van der Waals surface area contributed by atoms with Gasteiger partial charge in [0.25, 0.3) is 0 Å². The van der Waals surface area contributed by atoms with E-state index in [1.807, 2.05) is 20.8 Å². The summed E-state index contributed by atoms with van der Waals surface area (Å²) < 4.78 is 10.7. The minimum absolute atomic E-state index is 0.0394. The van der Waals surface area contributed by atoms with Crippen LogP contribution in [0.5, 0.6) is 0 Å². The molecular weight excluding hydrogens is 196 g/mol. The fourth-order valence-electron chi connectivity index (χ4n) is 1.66. The van der Waals surface area contributed by atoms with Crippen molar-refractivity contribution < 1.29 is 14.0 Å². The van der Waals surface area contributed by atoms with E-state index in [9.17, 15) is 4.79 Å². The number of carbonyl (C=O) groups is 1. The number of ether oxygens (including phenoxy) is 1. The van der Waals surface area contributed by atoms with E-state index in [4.69, 9.17) is 9.16 Å². The molecule has 14 heavy (non-hydrogen) atoms. The highest BCUT2D eigenvalue weighted by atomic mass is 28.4. The predicted octanol–water partition coefficient (Wildman–Crippen LogP) is 2.57. The maximum absolute atomic E-state index is 11.6. The van der Waals surface area contributed by atoms with Crippen LogP contribution in [0, 0.1) is 0 Å². The molecule has 0 saturated heterocycles. The zero-order valence-electron chi connectivity index (χ0n) is 9.92. The van der Waals surface area contributed by atoms with E-state index < -0.39 is 8.32 Å². The third kappa shape index (κ3) is 3.80. The van der Waals surface area contributed by atoms with Gasteiger partial charge >= 0.3 is 5.97 Å². The molecule has 4 heteroatoms. The predicted molar refractivity (Wildman–Crippen MR) is 59.8 cm³/mol. The van der Waals surface area contributed by atoms with Crippen molar-refractivity contribution >= 4 is 14.3 Å². The average molecular weight is 218 g/mol. The van der Waals surface area contributed by atoms with Crippen LogP contribution in [0.1, 0.15) is 27.2 Å². The van der Waals surface area contributed by atoms with Crippen LogP contribution in [0.4, 0.5) is 0 Å². The third-order valence-corrected chi connectivity index (χ3v) is 5.69. The molecule has 3 nitrogen and oxygen atoms in total. The van der Waals surface area contributed by atoms with Gasteiger partial charge in [0.2, 0.25) is 8.32 Å². The Hall–Kier alpha value is -0.353. The van der Waals surface area contributed by atoms with E-state index in [1.54, 1.807) is 0 Å². The molecule has 0 aromatic carbocycles. The molecule has 84 valence electrons. The van der Waals surface area contributed by atoms with Crippen LogP contribution < -0.4 is 0 Å². The molecule has 0 radical (unpaired) electrons. The van der Waals surface area contributed by atoms with Gasteiger partial charge in [0.15, 0.2) is 0 Å².